The van der Waals surface area contributed by atoms with Gasteiger partial charge in [0.2, 0.25) is 0 Å². The van der Waals surface area contributed by atoms with Crippen LogP contribution in [0.15, 0.2) is 11.6 Å². The summed E-state index contributed by atoms with van der Waals surface area (Å²) in [5.74, 6) is 0.790. The average Bonchev–Trinajstić information content (AvgIpc) is 2.01. The highest BCUT2D eigenvalue weighted by atomic mass is 15.1. The first-order valence-corrected chi connectivity index (χ1v) is 5.83. The number of piperidine rings is 1. The molecule has 0 saturated carbocycles. The molecule has 1 heteroatoms. The molecule has 1 nitrogen and oxygen atoms in total. The van der Waals surface area contributed by atoms with E-state index in [1.54, 1.807) is 5.57 Å². The maximum absolute atomic E-state index is 2.61. The molecule has 0 spiro atoms. The standard InChI is InChI=1S/C13H25N/c1-6-12-7-8-14(9-11(2)3)10-13(12,4)5/h6,11H,7-10H2,1-5H3. The van der Waals surface area contributed by atoms with Crippen molar-refractivity contribution >= 4 is 0 Å². The fourth-order valence-electron chi connectivity index (χ4n) is 2.56. The van der Waals surface area contributed by atoms with E-state index in [9.17, 15) is 0 Å². The van der Waals surface area contributed by atoms with Crippen molar-refractivity contribution < 1.29 is 0 Å². The molecular weight excluding hydrogens is 170 g/mol. The zero-order chi connectivity index (χ0) is 10.8. The van der Waals surface area contributed by atoms with Crippen LogP contribution in [0.2, 0.25) is 0 Å². The third-order valence-corrected chi connectivity index (χ3v) is 3.16. The van der Waals surface area contributed by atoms with Crippen molar-refractivity contribution in [1.29, 1.82) is 0 Å². The van der Waals surface area contributed by atoms with Crippen LogP contribution in [0.5, 0.6) is 0 Å². The van der Waals surface area contributed by atoms with Gasteiger partial charge in [0.25, 0.3) is 0 Å². The van der Waals surface area contributed by atoms with E-state index < -0.39 is 0 Å². The summed E-state index contributed by atoms with van der Waals surface area (Å²) in [5, 5.41) is 0. The summed E-state index contributed by atoms with van der Waals surface area (Å²) in [4.78, 5) is 2.61. The second-order valence-corrected chi connectivity index (χ2v) is 5.58. The minimum Gasteiger partial charge on any atom is -0.302 e. The zero-order valence-corrected chi connectivity index (χ0v) is 10.4. The summed E-state index contributed by atoms with van der Waals surface area (Å²) in [6, 6.07) is 0. The number of hydrogen-bond acceptors (Lipinski definition) is 1. The SMILES string of the molecule is CC=C1CCN(CC(C)C)CC1(C)C. The third-order valence-electron chi connectivity index (χ3n) is 3.16. The molecule has 0 unspecified atom stereocenters. The van der Waals surface area contributed by atoms with Gasteiger partial charge in [-0.15, -0.1) is 0 Å². The third kappa shape index (κ3) is 2.84. The Morgan fingerprint density at radius 2 is 2.07 bits per heavy atom. The Balaban J connectivity index is 2.58. The Morgan fingerprint density at radius 1 is 1.43 bits per heavy atom. The molecule has 0 atom stereocenters. The maximum atomic E-state index is 2.61. The van der Waals surface area contributed by atoms with E-state index in [0.717, 1.165) is 5.92 Å². The highest BCUT2D eigenvalue weighted by Gasteiger charge is 2.30. The van der Waals surface area contributed by atoms with Crippen molar-refractivity contribution in [3.05, 3.63) is 11.6 Å². The molecule has 1 saturated heterocycles. The summed E-state index contributed by atoms with van der Waals surface area (Å²) in [6.07, 6.45) is 3.57. The van der Waals surface area contributed by atoms with Gasteiger partial charge in [0, 0.05) is 19.6 Å². The van der Waals surface area contributed by atoms with Crippen LogP contribution in [0.4, 0.5) is 0 Å². The molecule has 0 aliphatic carbocycles. The van der Waals surface area contributed by atoms with Gasteiger partial charge >= 0.3 is 0 Å². The van der Waals surface area contributed by atoms with Crippen molar-refractivity contribution in [2.45, 2.75) is 41.0 Å². The Hall–Kier alpha value is -0.300. The van der Waals surface area contributed by atoms with Gasteiger partial charge in [0.1, 0.15) is 0 Å². The van der Waals surface area contributed by atoms with Crippen LogP contribution in [0.25, 0.3) is 0 Å². The zero-order valence-electron chi connectivity index (χ0n) is 10.4. The first-order valence-electron chi connectivity index (χ1n) is 5.83. The van der Waals surface area contributed by atoms with Gasteiger partial charge in [0.05, 0.1) is 0 Å². The number of rotatable bonds is 2. The Labute approximate surface area is 89.2 Å². The lowest BCUT2D eigenvalue weighted by atomic mass is 9.78. The van der Waals surface area contributed by atoms with Gasteiger partial charge in [0.15, 0.2) is 0 Å². The molecule has 0 amide bonds. The number of allylic oxidation sites excluding steroid dienone is 1. The van der Waals surface area contributed by atoms with Crippen LogP contribution in [0, 0.1) is 11.3 Å². The second kappa shape index (κ2) is 4.48. The number of likely N-dealkylation sites (tertiary alicyclic amines) is 1. The van der Waals surface area contributed by atoms with Crippen LogP contribution >= 0.6 is 0 Å². The first-order chi connectivity index (χ1) is 6.45. The van der Waals surface area contributed by atoms with Gasteiger partial charge in [-0.1, -0.05) is 39.3 Å². The molecule has 0 N–H and O–H groups in total. The van der Waals surface area contributed by atoms with Gasteiger partial charge in [-0.25, -0.2) is 0 Å². The molecule has 0 aromatic heterocycles. The second-order valence-electron chi connectivity index (χ2n) is 5.58. The van der Waals surface area contributed by atoms with E-state index in [-0.39, 0.29) is 0 Å². The molecule has 0 bridgehead atoms. The Bertz CT molecular complexity index is 213. The van der Waals surface area contributed by atoms with Crippen LogP contribution < -0.4 is 0 Å². The summed E-state index contributed by atoms with van der Waals surface area (Å²) in [7, 11) is 0. The predicted molar refractivity (Wildman–Crippen MR) is 63.4 cm³/mol. The van der Waals surface area contributed by atoms with E-state index in [1.807, 2.05) is 0 Å². The van der Waals surface area contributed by atoms with Gasteiger partial charge in [-0.2, -0.15) is 0 Å². The van der Waals surface area contributed by atoms with Crippen LogP contribution in [-0.2, 0) is 0 Å². The van der Waals surface area contributed by atoms with Crippen molar-refractivity contribution in [2.75, 3.05) is 19.6 Å². The fraction of sp³-hybridized carbons (Fsp3) is 0.846. The van der Waals surface area contributed by atoms with E-state index in [2.05, 4.69) is 45.6 Å². The summed E-state index contributed by atoms with van der Waals surface area (Å²) < 4.78 is 0. The van der Waals surface area contributed by atoms with Crippen LogP contribution in [0.3, 0.4) is 0 Å². The Kier molecular flexibility index (Phi) is 3.77. The van der Waals surface area contributed by atoms with Gasteiger partial charge < -0.3 is 4.90 Å². The maximum Gasteiger partial charge on any atom is 0.00703 e. The summed E-state index contributed by atoms with van der Waals surface area (Å²) in [6.45, 7) is 15.3. The van der Waals surface area contributed by atoms with E-state index in [0.29, 0.717) is 5.41 Å². The monoisotopic (exact) mass is 195 g/mol. The highest BCUT2D eigenvalue weighted by molar-refractivity contribution is 5.15. The summed E-state index contributed by atoms with van der Waals surface area (Å²) in [5.41, 5.74) is 2.03. The lowest BCUT2D eigenvalue weighted by molar-refractivity contribution is 0.151. The largest absolute Gasteiger partial charge is 0.302 e. The van der Waals surface area contributed by atoms with Crippen molar-refractivity contribution in [1.82, 2.24) is 4.90 Å². The quantitative estimate of drug-likeness (QED) is 0.611. The normalized spacial score (nSPS) is 26.0. The molecule has 0 aromatic rings. The lowest BCUT2D eigenvalue weighted by Gasteiger charge is -2.41. The molecule has 1 aliphatic rings. The number of hydrogen-bond donors (Lipinski definition) is 0. The molecular formula is C13H25N. The predicted octanol–water partition coefficient (Wildman–Crippen LogP) is 3.32. The highest BCUT2D eigenvalue weighted by Crippen LogP contribution is 2.34. The fourth-order valence-corrected chi connectivity index (χ4v) is 2.56. The van der Waals surface area contributed by atoms with Gasteiger partial charge in [-0.05, 0) is 24.7 Å². The average molecular weight is 195 g/mol. The first kappa shape index (κ1) is 11.8. The minimum atomic E-state index is 0.391. The minimum absolute atomic E-state index is 0.391. The van der Waals surface area contributed by atoms with Crippen molar-refractivity contribution in [2.24, 2.45) is 11.3 Å². The molecule has 1 rings (SSSR count). The van der Waals surface area contributed by atoms with E-state index in [4.69, 9.17) is 0 Å². The smallest absolute Gasteiger partial charge is 0.00703 e. The van der Waals surface area contributed by atoms with E-state index >= 15 is 0 Å². The lowest BCUT2D eigenvalue weighted by Crippen LogP contribution is -2.43. The number of nitrogens with zero attached hydrogens (tertiary/aromatic N) is 1. The summed E-state index contributed by atoms with van der Waals surface area (Å²) >= 11 is 0. The topological polar surface area (TPSA) is 3.24 Å². The molecule has 1 aliphatic heterocycles. The molecule has 82 valence electrons. The Morgan fingerprint density at radius 3 is 2.50 bits per heavy atom. The van der Waals surface area contributed by atoms with Crippen LogP contribution in [-0.4, -0.2) is 24.5 Å². The van der Waals surface area contributed by atoms with Crippen LogP contribution in [0.1, 0.15) is 41.0 Å². The molecule has 1 fully saturated rings. The van der Waals surface area contributed by atoms with Gasteiger partial charge in [-0.3, -0.25) is 0 Å². The molecule has 1 heterocycles. The van der Waals surface area contributed by atoms with Crippen molar-refractivity contribution in [3.63, 3.8) is 0 Å². The van der Waals surface area contributed by atoms with E-state index in [1.165, 1.54) is 26.1 Å². The molecule has 0 aromatic carbocycles. The molecule has 0 radical (unpaired) electrons. The molecule has 14 heavy (non-hydrogen) atoms. The van der Waals surface area contributed by atoms with Crippen molar-refractivity contribution in [3.8, 4) is 0 Å².